The van der Waals surface area contributed by atoms with Crippen molar-refractivity contribution in [2.45, 2.75) is 25.8 Å². The highest BCUT2D eigenvalue weighted by Crippen LogP contribution is 2.12. The van der Waals surface area contributed by atoms with Crippen LogP contribution in [-0.2, 0) is 6.54 Å². The average Bonchev–Trinajstić information content (AvgIpc) is 2.31. The summed E-state index contributed by atoms with van der Waals surface area (Å²) in [5, 5.41) is 3.34. The van der Waals surface area contributed by atoms with Crippen LogP contribution in [0.25, 0.3) is 0 Å². The number of anilines is 1. The summed E-state index contributed by atoms with van der Waals surface area (Å²) < 4.78 is 0. The first kappa shape index (κ1) is 10.2. The van der Waals surface area contributed by atoms with Crippen molar-refractivity contribution >= 4 is 11.5 Å². The average molecular weight is 203 g/mol. The van der Waals surface area contributed by atoms with Crippen molar-refractivity contribution in [3.8, 4) is 0 Å². The second kappa shape index (κ2) is 4.94. The first-order valence-electron chi connectivity index (χ1n) is 5.48. The van der Waals surface area contributed by atoms with E-state index in [1.807, 2.05) is 12.1 Å². The molecule has 3 N–H and O–H groups in total. The van der Waals surface area contributed by atoms with Gasteiger partial charge < -0.3 is 11.1 Å². The topological polar surface area (TPSA) is 50.4 Å². The summed E-state index contributed by atoms with van der Waals surface area (Å²) in [6.45, 7) is 1.56. The number of nitrogens with zero attached hydrogens (tertiary/aromatic N) is 1. The van der Waals surface area contributed by atoms with E-state index in [0.29, 0.717) is 6.54 Å². The second-order valence-electron chi connectivity index (χ2n) is 3.81. The van der Waals surface area contributed by atoms with Gasteiger partial charge in [-0.1, -0.05) is 12.1 Å². The molecule has 1 aliphatic rings. The number of benzene rings is 1. The molecule has 3 heteroatoms. The first-order valence-corrected chi connectivity index (χ1v) is 5.48. The highest BCUT2D eigenvalue weighted by molar-refractivity contribution is 5.95. The molecular formula is C12H17N3. The van der Waals surface area contributed by atoms with E-state index in [-0.39, 0.29) is 0 Å². The fraction of sp³-hybridized carbons (Fsp3) is 0.417. The SMILES string of the molecule is NCc1ccc(NC2=NCCCC2)cc1. The van der Waals surface area contributed by atoms with Crippen LogP contribution < -0.4 is 11.1 Å². The number of amidine groups is 1. The Hall–Kier alpha value is -1.35. The Bertz CT molecular complexity index is 340. The Labute approximate surface area is 90.4 Å². The molecular weight excluding hydrogens is 186 g/mol. The lowest BCUT2D eigenvalue weighted by Crippen LogP contribution is -2.16. The van der Waals surface area contributed by atoms with E-state index in [1.54, 1.807) is 0 Å². The fourth-order valence-corrected chi connectivity index (χ4v) is 1.69. The monoisotopic (exact) mass is 203 g/mol. The molecule has 1 heterocycles. The predicted octanol–water partition coefficient (Wildman–Crippen LogP) is 2.14. The molecule has 1 aliphatic heterocycles. The van der Waals surface area contributed by atoms with Gasteiger partial charge in [0.2, 0.25) is 0 Å². The van der Waals surface area contributed by atoms with Gasteiger partial charge in [-0.2, -0.15) is 0 Å². The van der Waals surface area contributed by atoms with Gasteiger partial charge in [0, 0.05) is 25.2 Å². The molecule has 3 nitrogen and oxygen atoms in total. The van der Waals surface area contributed by atoms with Crippen LogP contribution in [0.15, 0.2) is 29.3 Å². The van der Waals surface area contributed by atoms with Crippen molar-refractivity contribution in [1.29, 1.82) is 0 Å². The van der Waals surface area contributed by atoms with Crippen LogP contribution >= 0.6 is 0 Å². The third-order valence-corrected chi connectivity index (χ3v) is 2.60. The molecule has 0 fully saturated rings. The van der Waals surface area contributed by atoms with Gasteiger partial charge in [0.15, 0.2) is 0 Å². The van der Waals surface area contributed by atoms with Crippen molar-refractivity contribution in [1.82, 2.24) is 0 Å². The van der Waals surface area contributed by atoms with E-state index in [1.165, 1.54) is 12.8 Å². The summed E-state index contributed by atoms with van der Waals surface area (Å²) in [5.41, 5.74) is 7.80. The molecule has 0 spiro atoms. The molecule has 0 saturated carbocycles. The number of hydrogen-bond donors (Lipinski definition) is 2. The van der Waals surface area contributed by atoms with E-state index >= 15 is 0 Å². The van der Waals surface area contributed by atoms with Crippen LogP contribution in [0.1, 0.15) is 24.8 Å². The number of aliphatic imine (C=N–C) groups is 1. The van der Waals surface area contributed by atoms with Gasteiger partial charge in [-0.15, -0.1) is 0 Å². The van der Waals surface area contributed by atoms with Gasteiger partial charge in [-0.25, -0.2) is 0 Å². The molecule has 0 unspecified atom stereocenters. The lowest BCUT2D eigenvalue weighted by molar-refractivity contribution is 0.737. The summed E-state index contributed by atoms with van der Waals surface area (Å²) in [5.74, 6) is 1.11. The van der Waals surface area contributed by atoms with Crippen LogP contribution in [0.4, 0.5) is 5.69 Å². The lowest BCUT2D eigenvalue weighted by Gasteiger charge is -2.14. The highest BCUT2D eigenvalue weighted by Gasteiger charge is 2.04. The number of nitrogens with two attached hydrogens (primary N) is 1. The van der Waals surface area contributed by atoms with Crippen LogP contribution in [0.5, 0.6) is 0 Å². The molecule has 0 saturated heterocycles. The van der Waals surface area contributed by atoms with Gasteiger partial charge in [-0.05, 0) is 30.5 Å². The third kappa shape index (κ3) is 2.80. The van der Waals surface area contributed by atoms with E-state index in [2.05, 4.69) is 22.4 Å². The van der Waals surface area contributed by atoms with E-state index < -0.39 is 0 Å². The summed E-state index contributed by atoms with van der Waals surface area (Å²) in [6.07, 6.45) is 3.53. The van der Waals surface area contributed by atoms with Gasteiger partial charge in [0.1, 0.15) is 5.84 Å². The summed E-state index contributed by atoms with van der Waals surface area (Å²) in [4.78, 5) is 4.45. The van der Waals surface area contributed by atoms with Gasteiger partial charge in [0.25, 0.3) is 0 Å². The molecule has 0 aromatic heterocycles. The summed E-state index contributed by atoms with van der Waals surface area (Å²) >= 11 is 0. The van der Waals surface area contributed by atoms with Crippen molar-refractivity contribution in [3.05, 3.63) is 29.8 Å². The molecule has 80 valence electrons. The van der Waals surface area contributed by atoms with Crippen LogP contribution in [0.2, 0.25) is 0 Å². The zero-order valence-corrected chi connectivity index (χ0v) is 8.87. The number of hydrogen-bond acceptors (Lipinski definition) is 3. The number of nitrogens with one attached hydrogen (secondary N) is 1. The summed E-state index contributed by atoms with van der Waals surface area (Å²) in [6, 6.07) is 8.20. The fourth-order valence-electron chi connectivity index (χ4n) is 1.69. The van der Waals surface area contributed by atoms with Crippen molar-refractivity contribution in [2.24, 2.45) is 10.7 Å². The van der Waals surface area contributed by atoms with Crippen molar-refractivity contribution in [3.63, 3.8) is 0 Å². The zero-order valence-electron chi connectivity index (χ0n) is 8.87. The quantitative estimate of drug-likeness (QED) is 0.773. The van der Waals surface area contributed by atoms with Crippen LogP contribution in [0, 0.1) is 0 Å². The maximum Gasteiger partial charge on any atom is 0.101 e. The molecule has 1 aromatic carbocycles. The van der Waals surface area contributed by atoms with Gasteiger partial charge >= 0.3 is 0 Å². The maximum atomic E-state index is 5.54. The minimum absolute atomic E-state index is 0.598. The summed E-state index contributed by atoms with van der Waals surface area (Å²) in [7, 11) is 0. The lowest BCUT2D eigenvalue weighted by atomic mass is 10.1. The molecule has 0 amide bonds. The standard InChI is InChI=1S/C12H17N3/c13-9-10-4-6-11(7-5-10)15-12-3-1-2-8-14-12/h4-7H,1-3,8-9,13H2,(H,14,15). The zero-order chi connectivity index (χ0) is 10.5. The Morgan fingerprint density at radius 1 is 1.20 bits per heavy atom. The molecule has 0 atom stereocenters. The predicted molar refractivity (Wildman–Crippen MR) is 64.1 cm³/mol. The van der Waals surface area contributed by atoms with Gasteiger partial charge in [0.05, 0.1) is 0 Å². The minimum atomic E-state index is 0.598. The number of rotatable bonds is 2. The first-order chi connectivity index (χ1) is 7.38. The molecule has 2 rings (SSSR count). The van der Waals surface area contributed by atoms with Crippen molar-refractivity contribution in [2.75, 3.05) is 11.9 Å². The molecule has 0 radical (unpaired) electrons. The van der Waals surface area contributed by atoms with Crippen LogP contribution in [0.3, 0.4) is 0 Å². The highest BCUT2D eigenvalue weighted by atomic mass is 15.0. The van der Waals surface area contributed by atoms with E-state index in [0.717, 1.165) is 30.1 Å². The largest absolute Gasteiger partial charge is 0.344 e. The van der Waals surface area contributed by atoms with E-state index in [9.17, 15) is 0 Å². The Balaban J connectivity index is 2.00. The molecule has 0 bridgehead atoms. The second-order valence-corrected chi connectivity index (χ2v) is 3.81. The smallest absolute Gasteiger partial charge is 0.101 e. The maximum absolute atomic E-state index is 5.54. The Morgan fingerprint density at radius 2 is 2.00 bits per heavy atom. The van der Waals surface area contributed by atoms with E-state index in [4.69, 9.17) is 5.73 Å². The third-order valence-electron chi connectivity index (χ3n) is 2.60. The normalized spacial score (nSPS) is 15.9. The Morgan fingerprint density at radius 3 is 2.60 bits per heavy atom. The molecule has 1 aromatic rings. The minimum Gasteiger partial charge on any atom is -0.344 e. The van der Waals surface area contributed by atoms with Gasteiger partial charge in [-0.3, -0.25) is 4.99 Å². The van der Waals surface area contributed by atoms with Crippen LogP contribution in [-0.4, -0.2) is 12.4 Å². The van der Waals surface area contributed by atoms with Crippen molar-refractivity contribution < 1.29 is 0 Å². The molecule has 15 heavy (non-hydrogen) atoms. The molecule has 0 aliphatic carbocycles. The Kier molecular flexibility index (Phi) is 3.35.